The molecule has 0 aromatic carbocycles. The van der Waals surface area contributed by atoms with E-state index >= 15 is 0 Å². The molecule has 1 heterocycles. The molecule has 5 heteroatoms. The number of carbonyl (C=O) groups excluding carboxylic acids is 1. The van der Waals surface area contributed by atoms with Crippen LogP contribution >= 0.6 is 0 Å². The normalized spacial score (nSPS) is 9.69. The molecule has 1 rings (SSSR count). The number of esters is 1. The molecule has 0 unspecified atom stereocenters. The van der Waals surface area contributed by atoms with Gasteiger partial charge in [-0.25, -0.2) is 9.78 Å². The standard InChI is InChI=1S/C8H11N3O2/c1-11-4-3-10-7(11)5-6(9)8(12)13-2/h3-4,9H,5H2,1-2H3. The van der Waals surface area contributed by atoms with E-state index in [1.54, 1.807) is 17.0 Å². The number of nitrogens with one attached hydrogen (secondary N) is 1. The van der Waals surface area contributed by atoms with Gasteiger partial charge in [-0.2, -0.15) is 0 Å². The highest BCUT2D eigenvalue weighted by Crippen LogP contribution is 1.97. The summed E-state index contributed by atoms with van der Waals surface area (Å²) in [4.78, 5) is 14.9. The Balaban J connectivity index is 2.65. The van der Waals surface area contributed by atoms with Crippen molar-refractivity contribution in [1.82, 2.24) is 9.55 Å². The van der Waals surface area contributed by atoms with Crippen LogP contribution in [0.5, 0.6) is 0 Å². The lowest BCUT2D eigenvalue weighted by Gasteiger charge is -2.01. The lowest BCUT2D eigenvalue weighted by atomic mass is 10.2. The SMILES string of the molecule is COC(=O)C(=N)Cc1nccn1C. The maximum Gasteiger partial charge on any atom is 0.352 e. The summed E-state index contributed by atoms with van der Waals surface area (Å²) in [5, 5.41) is 7.34. The Morgan fingerprint density at radius 2 is 2.46 bits per heavy atom. The van der Waals surface area contributed by atoms with Crippen LogP contribution in [-0.2, 0) is 23.0 Å². The Bertz CT molecular complexity index is 330. The van der Waals surface area contributed by atoms with E-state index in [0.29, 0.717) is 5.82 Å². The largest absolute Gasteiger partial charge is 0.465 e. The van der Waals surface area contributed by atoms with Gasteiger partial charge in [-0.15, -0.1) is 0 Å². The van der Waals surface area contributed by atoms with Gasteiger partial charge in [0.25, 0.3) is 0 Å². The lowest BCUT2D eigenvalue weighted by Crippen LogP contribution is -2.18. The Morgan fingerprint density at radius 3 is 2.92 bits per heavy atom. The first-order chi connectivity index (χ1) is 6.15. The van der Waals surface area contributed by atoms with Gasteiger partial charge < -0.3 is 9.30 Å². The van der Waals surface area contributed by atoms with E-state index < -0.39 is 5.97 Å². The molecular formula is C8H11N3O2. The van der Waals surface area contributed by atoms with E-state index in [2.05, 4.69) is 9.72 Å². The summed E-state index contributed by atoms with van der Waals surface area (Å²) in [7, 11) is 3.07. The number of methoxy groups -OCH3 is 1. The van der Waals surface area contributed by atoms with Gasteiger partial charge in [0.1, 0.15) is 11.5 Å². The molecule has 0 amide bonds. The van der Waals surface area contributed by atoms with Crippen molar-refractivity contribution in [2.24, 2.45) is 7.05 Å². The Hall–Kier alpha value is -1.65. The van der Waals surface area contributed by atoms with Gasteiger partial charge >= 0.3 is 5.97 Å². The van der Waals surface area contributed by atoms with Crippen LogP contribution in [0.2, 0.25) is 0 Å². The summed E-state index contributed by atoms with van der Waals surface area (Å²) in [6.45, 7) is 0. The molecule has 1 aromatic heterocycles. The number of hydrogen-bond acceptors (Lipinski definition) is 4. The molecule has 0 radical (unpaired) electrons. The number of aryl methyl sites for hydroxylation is 1. The molecule has 0 bridgehead atoms. The quantitative estimate of drug-likeness (QED) is 0.533. The zero-order chi connectivity index (χ0) is 9.84. The average Bonchev–Trinajstić information content (AvgIpc) is 2.50. The summed E-state index contributed by atoms with van der Waals surface area (Å²) in [5.41, 5.74) is -0.0863. The van der Waals surface area contributed by atoms with E-state index in [0.717, 1.165) is 0 Å². The van der Waals surface area contributed by atoms with E-state index in [1.807, 2.05) is 7.05 Å². The van der Waals surface area contributed by atoms with Crippen LogP contribution in [0.3, 0.4) is 0 Å². The number of imidazole rings is 1. The highest BCUT2D eigenvalue weighted by Gasteiger charge is 2.11. The zero-order valence-electron chi connectivity index (χ0n) is 7.57. The molecule has 0 aliphatic rings. The van der Waals surface area contributed by atoms with Crippen molar-refractivity contribution < 1.29 is 9.53 Å². The molecule has 0 aliphatic carbocycles. The van der Waals surface area contributed by atoms with E-state index in [9.17, 15) is 4.79 Å². The first kappa shape index (κ1) is 9.44. The van der Waals surface area contributed by atoms with Gasteiger partial charge in [-0.05, 0) is 0 Å². The van der Waals surface area contributed by atoms with Crippen molar-refractivity contribution in [2.75, 3.05) is 7.11 Å². The third-order valence-corrected chi connectivity index (χ3v) is 1.69. The highest BCUT2D eigenvalue weighted by molar-refractivity contribution is 6.35. The average molecular weight is 181 g/mol. The number of rotatable bonds is 3. The molecule has 0 fully saturated rings. The second-order valence-electron chi connectivity index (χ2n) is 2.60. The van der Waals surface area contributed by atoms with Crippen LogP contribution in [0.25, 0.3) is 0 Å². The number of hydrogen-bond donors (Lipinski definition) is 1. The van der Waals surface area contributed by atoms with Crippen LogP contribution in [-0.4, -0.2) is 28.3 Å². The molecule has 13 heavy (non-hydrogen) atoms. The Morgan fingerprint density at radius 1 is 1.77 bits per heavy atom. The van der Waals surface area contributed by atoms with Crippen LogP contribution in [0.15, 0.2) is 12.4 Å². The molecule has 0 aliphatic heterocycles. The molecule has 0 spiro atoms. The summed E-state index contributed by atoms with van der Waals surface area (Å²) < 4.78 is 6.16. The van der Waals surface area contributed by atoms with Gasteiger partial charge in [-0.1, -0.05) is 0 Å². The number of ether oxygens (including phenoxy) is 1. The minimum absolute atomic E-state index is 0.0863. The van der Waals surface area contributed by atoms with E-state index in [1.165, 1.54) is 7.11 Å². The summed E-state index contributed by atoms with van der Waals surface area (Å²) in [5.74, 6) is 0.0680. The van der Waals surface area contributed by atoms with Crippen LogP contribution < -0.4 is 0 Å². The van der Waals surface area contributed by atoms with Crippen molar-refractivity contribution in [2.45, 2.75) is 6.42 Å². The van der Waals surface area contributed by atoms with Crippen molar-refractivity contribution in [3.63, 3.8) is 0 Å². The fourth-order valence-corrected chi connectivity index (χ4v) is 0.920. The minimum atomic E-state index is -0.608. The summed E-state index contributed by atoms with van der Waals surface area (Å²) in [6.07, 6.45) is 3.59. The van der Waals surface area contributed by atoms with Gasteiger partial charge in [0, 0.05) is 19.4 Å². The minimum Gasteiger partial charge on any atom is -0.465 e. The summed E-state index contributed by atoms with van der Waals surface area (Å²) >= 11 is 0. The van der Waals surface area contributed by atoms with Gasteiger partial charge in [-0.3, -0.25) is 5.41 Å². The molecule has 0 saturated carbocycles. The topological polar surface area (TPSA) is 68.0 Å². The summed E-state index contributed by atoms with van der Waals surface area (Å²) in [6, 6.07) is 0. The number of carbonyl (C=O) groups is 1. The molecule has 0 saturated heterocycles. The fourth-order valence-electron chi connectivity index (χ4n) is 0.920. The van der Waals surface area contributed by atoms with Gasteiger partial charge in [0.2, 0.25) is 0 Å². The third-order valence-electron chi connectivity index (χ3n) is 1.69. The third kappa shape index (κ3) is 2.14. The lowest BCUT2D eigenvalue weighted by molar-refractivity contribution is -0.132. The second-order valence-corrected chi connectivity index (χ2v) is 2.60. The van der Waals surface area contributed by atoms with Crippen LogP contribution in [0.1, 0.15) is 5.82 Å². The molecule has 0 atom stereocenters. The Kier molecular flexibility index (Phi) is 2.79. The van der Waals surface area contributed by atoms with Gasteiger partial charge in [0.15, 0.2) is 0 Å². The van der Waals surface area contributed by atoms with E-state index in [-0.39, 0.29) is 12.1 Å². The zero-order valence-corrected chi connectivity index (χ0v) is 7.57. The number of aromatic nitrogens is 2. The molecule has 1 N–H and O–H groups in total. The van der Waals surface area contributed by atoms with Gasteiger partial charge in [0.05, 0.1) is 13.5 Å². The maximum atomic E-state index is 10.9. The smallest absolute Gasteiger partial charge is 0.352 e. The van der Waals surface area contributed by atoms with Crippen molar-refractivity contribution in [3.05, 3.63) is 18.2 Å². The van der Waals surface area contributed by atoms with E-state index in [4.69, 9.17) is 5.41 Å². The van der Waals surface area contributed by atoms with Crippen LogP contribution in [0, 0.1) is 5.41 Å². The van der Waals surface area contributed by atoms with Crippen molar-refractivity contribution in [1.29, 1.82) is 5.41 Å². The van der Waals surface area contributed by atoms with Crippen molar-refractivity contribution >= 4 is 11.7 Å². The fraction of sp³-hybridized carbons (Fsp3) is 0.375. The molecule has 5 nitrogen and oxygen atoms in total. The predicted octanol–water partition coefficient (Wildman–Crippen LogP) is 0.155. The first-order valence-corrected chi connectivity index (χ1v) is 3.77. The maximum absolute atomic E-state index is 10.9. The highest BCUT2D eigenvalue weighted by atomic mass is 16.5. The second kappa shape index (κ2) is 3.84. The predicted molar refractivity (Wildman–Crippen MR) is 46.7 cm³/mol. The van der Waals surface area contributed by atoms with Crippen LogP contribution in [0.4, 0.5) is 0 Å². The molecule has 70 valence electrons. The molecule has 1 aromatic rings. The molecular weight excluding hydrogens is 170 g/mol. The van der Waals surface area contributed by atoms with Crippen molar-refractivity contribution in [3.8, 4) is 0 Å². The monoisotopic (exact) mass is 181 g/mol. The number of nitrogens with zero attached hydrogens (tertiary/aromatic N) is 2. The first-order valence-electron chi connectivity index (χ1n) is 3.77. The Labute approximate surface area is 75.9 Å².